The van der Waals surface area contributed by atoms with E-state index < -0.39 is 21.6 Å². The number of carbonyl (C=O) groups is 1. The van der Waals surface area contributed by atoms with Crippen molar-refractivity contribution in [2.45, 2.75) is 32.1 Å². The molecule has 0 aliphatic heterocycles. The fourth-order valence-electron chi connectivity index (χ4n) is 3.52. The Labute approximate surface area is 177 Å². The molecule has 2 aromatic carbocycles. The van der Waals surface area contributed by atoms with E-state index in [2.05, 4.69) is 5.32 Å². The lowest BCUT2D eigenvalue weighted by Gasteiger charge is -2.09. The Balaban J connectivity index is 1.66. The summed E-state index contributed by atoms with van der Waals surface area (Å²) in [4.78, 5) is 25.0. The van der Waals surface area contributed by atoms with Crippen LogP contribution in [0.3, 0.4) is 0 Å². The average molecular weight is 440 g/mol. The molecule has 0 radical (unpaired) electrons. The van der Waals surface area contributed by atoms with E-state index in [-0.39, 0.29) is 16.9 Å². The van der Waals surface area contributed by atoms with Crippen LogP contribution >= 0.6 is 0 Å². The van der Waals surface area contributed by atoms with Crippen LogP contribution in [0, 0.1) is 20.8 Å². The minimum Gasteiger partial charge on any atom is -0.461 e. The number of benzene rings is 2. The predicted octanol–water partition coefficient (Wildman–Crippen LogP) is 3.29. The first-order chi connectivity index (χ1) is 14.5. The number of nitrogens with one attached hydrogen (secondary N) is 1. The summed E-state index contributed by atoms with van der Waals surface area (Å²) in [5.41, 5.74) is 2.74. The molecule has 0 aliphatic carbocycles. The number of furan rings is 1. The van der Waals surface area contributed by atoms with Gasteiger partial charge in [-0.3, -0.25) is 4.79 Å². The number of fused-ring (bicyclic) bond motifs is 2. The highest BCUT2D eigenvalue weighted by atomic mass is 32.2. The molecule has 9 heteroatoms. The van der Waals surface area contributed by atoms with Gasteiger partial charge in [0.2, 0.25) is 15.9 Å². The van der Waals surface area contributed by atoms with Crippen LogP contribution in [0.5, 0.6) is 0 Å². The number of nitrogens with two attached hydrogens (primary N) is 1. The van der Waals surface area contributed by atoms with Gasteiger partial charge in [0.25, 0.3) is 0 Å². The Morgan fingerprint density at radius 3 is 2.23 bits per heavy atom. The lowest BCUT2D eigenvalue weighted by Crippen LogP contribution is -2.20. The number of aryl methyl sites for hydroxylation is 3. The summed E-state index contributed by atoms with van der Waals surface area (Å²) >= 11 is 0. The lowest BCUT2D eigenvalue weighted by atomic mass is 10.0. The van der Waals surface area contributed by atoms with Gasteiger partial charge in [-0.15, -0.1) is 0 Å². The van der Waals surface area contributed by atoms with E-state index in [0.717, 1.165) is 22.1 Å². The lowest BCUT2D eigenvalue weighted by molar-refractivity contribution is -0.115. The summed E-state index contributed by atoms with van der Waals surface area (Å²) < 4.78 is 33.8. The van der Waals surface area contributed by atoms with Crippen LogP contribution in [0.2, 0.25) is 0 Å². The van der Waals surface area contributed by atoms with E-state index in [1.807, 2.05) is 19.9 Å². The minimum absolute atomic E-state index is 0.0624. The number of hydrogen-bond donors (Lipinski definition) is 2. The summed E-state index contributed by atoms with van der Waals surface area (Å²) in [6.45, 7) is 5.60. The quantitative estimate of drug-likeness (QED) is 0.468. The Kier molecular flexibility index (Phi) is 4.95. The first-order valence-electron chi connectivity index (χ1n) is 9.43. The standard InChI is InChI=1S/C22H20N2O6S/c1-11-13(3)29-19-10-20-17(8-16(11)19)12(2)18(22(26)30-20)9-21(25)24-14-4-6-15(7-5-14)31(23,27)28/h4-8,10H,9H2,1-3H3,(H,24,25)(H2,23,27,28). The third-order valence-corrected chi connectivity index (χ3v) is 6.32. The van der Waals surface area contributed by atoms with Gasteiger partial charge in [0.05, 0.1) is 16.9 Å². The topological polar surface area (TPSA) is 133 Å². The second-order valence-electron chi connectivity index (χ2n) is 7.42. The maximum atomic E-state index is 12.5. The Morgan fingerprint density at radius 1 is 0.968 bits per heavy atom. The molecule has 1 amide bonds. The first-order valence-corrected chi connectivity index (χ1v) is 11.0. The van der Waals surface area contributed by atoms with Gasteiger partial charge in [0.1, 0.15) is 16.9 Å². The molecule has 0 saturated heterocycles. The molecule has 2 heterocycles. The van der Waals surface area contributed by atoms with Gasteiger partial charge in [-0.25, -0.2) is 18.4 Å². The van der Waals surface area contributed by atoms with Crippen molar-refractivity contribution < 1.29 is 22.0 Å². The number of amides is 1. The van der Waals surface area contributed by atoms with Gasteiger partial charge in [-0.2, -0.15) is 0 Å². The smallest absolute Gasteiger partial charge is 0.340 e. The maximum absolute atomic E-state index is 12.5. The highest BCUT2D eigenvalue weighted by Gasteiger charge is 2.18. The van der Waals surface area contributed by atoms with Crippen molar-refractivity contribution in [2.75, 3.05) is 5.32 Å². The molecule has 0 saturated carbocycles. The monoisotopic (exact) mass is 440 g/mol. The molecule has 0 aliphatic rings. The minimum atomic E-state index is -3.82. The van der Waals surface area contributed by atoms with Crippen molar-refractivity contribution in [1.82, 2.24) is 0 Å². The number of carbonyl (C=O) groups excluding carboxylic acids is 1. The first kappa shape index (κ1) is 20.8. The molecule has 2 aromatic heterocycles. The maximum Gasteiger partial charge on any atom is 0.340 e. The molecule has 4 rings (SSSR count). The number of rotatable bonds is 4. The zero-order valence-corrected chi connectivity index (χ0v) is 17.9. The third-order valence-electron chi connectivity index (χ3n) is 5.39. The number of primary sulfonamides is 1. The molecular formula is C22H20N2O6S. The van der Waals surface area contributed by atoms with E-state index in [1.165, 1.54) is 24.3 Å². The summed E-state index contributed by atoms with van der Waals surface area (Å²) in [5, 5.41) is 9.37. The van der Waals surface area contributed by atoms with E-state index in [9.17, 15) is 18.0 Å². The van der Waals surface area contributed by atoms with E-state index in [4.69, 9.17) is 14.0 Å². The molecule has 0 fully saturated rings. The zero-order valence-electron chi connectivity index (χ0n) is 17.1. The second-order valence-corrected chi connectivity index (χ2v) is 8.98. The molecule has 0 bridgehead atoms. The fourth-order valence-corrected chi connectivity index (χ4v) is 4.04. The van der Waals surface area contributed by atoms with Crippen molar-refractivity contribution in [3.8, 4) is 0 Å². The summed E-state index contributed by atoms with van der Waals surface area (Å²) in [6.07, 6.45) is -0.192. The van der Waals surface area contributed by atoms with E-state index in [0.29, 0.717) is 22.4 Å². The van der Waals surface area contributed by atoms with E-state index >= 15 is 0 Å². The number of sulfonamides is 1. The molecule has 0 unspecified atom stereocenters. The highest BCUT2D eigenvalue weighted by Crippen LogP contribution is 2.31. The molecule has 8 nitrogen and oxygen atoms in total. The van der Waals surface area contributed by atoms with Gasteiger partial charge in [0, 0.05) is 22.5 Å². The number of hydrogen-bond acceptors (Lipinski definition) is 6. The SMILES string of the molecule is Cc1oc2cc3oc(=O)c(CC(=O)Nc4ccc(S(N)(=O)=O)cc4)c(C)c3cc2c1C. The van der Waals surface area contributed by atoms with Crippen molar-refractivity contribution >= 4 is 43.6 Å². The van der Waals surface area contributed by atoms with Crippen LogP contribution in [0.1, 0.15) is 22.5 Å². The Bertz CT molecular complexity index is 1510. The third kappa shape index (κ3) is 3.85. The van der Waals surface area contributed by atoms with Gasteiger partial charge in [-0.1, -0.05) is 0 Å². The largest absolute Gasteiger partial charge is 0.461 e. The normalized spacial score (nSPS) is 11.9. The molecular weight excluding hydrogens is 420 g/mol. The van der Waals surface area contributed by atoms with Crippen molar-refractivity contribution in [3.05, 3.63) is 69.3 Å². The predicted molar refractivity (Wildman–Crippen MR) is 117 cm³/mol. The number of anilines is 1. The second kappa shape index (κ2) is 7.36. The van der Waals surface area contributed by atoms with Crippen LogP contribution in [-0.4, -0.2) is 14.3 Å². The van der Waals surface area contributed by atoms with Gasteiger partial charge in [-0.05, 0) is 62.2 Å². The van der Waals surface area contributed by atoms with Gasteiger partial charge >= 0.3 is 5.63 Å². The van der Waals surface area contributed by atoms with E-state index in [1.54, 1.807) is 13.0 Å². The molecule has 3 N–H and O–H groups in total. The van der Waals surface area contributed by atoms with Crippen LogP contribution < -0.4 is 16.1 Å². The Hall–Kier alpha value is -3.43. The molecule has 4 aromatic rings. The van der Waals surface area contributed by atoms with Gasteiger partial charge in [0.15, 0.2) is 0 Å². The molecule has 0 spiro atoms. The summed E-state index contributed by atoms with van der Waals surface area (Å²) in [7, 11) is -3.82. The van der Waals surface area contributed by atoms with Crippen molar-refractivity contribution in [3.63, 3.8) is 0 Å². The molecule has 160 valence electrons. The highest BCUT2D eigenvalue weighted by molar-refractivity contribution is 7.89. The fraction of sp³-hybridized carbons (Fsp3) is 0.182. The average Bonchev–Trinajstić information content (AvgIpc) is 2.97. The zero-order chi connectivity index (χ0) is 22.5. The van der Waals surface area contributed by atoms with Gasteiger partial charge < -0.3 is 14.2 Å². The van der Waals surface area contributed by atoms with Crippen LogP contribution in [0.15, 0.2) is 54.9 Å². The Morgan fingerprint density at radius 2 is 1.58 bits per heavy atom. The summed E-state index contributed by atoms with van der Waals surface area (Å²) in [6, 6.07) is 9.03. The van der Waals surface area contributed by atoms with Crippen molar-refractivity contribution in [1.29, 1.82) is 0 Å². The van der Waals surface area contributed by atoms with Crippen LogP contribution in [0.25, 0.3) is 21.9 Å². The summed E-state index contributed by atoms with van der Waals surface area (Å²) in [5.74, 6) is 0.355. The molecule has 31 heavy (non-hydrogen) atoms. The van der Waals surface area contributed by atoms with Crippen LogP contribution in [-0.2, 0) is 21.2 Å². The van der Waals surface area contributed by atoms with Crippen molar-refractivity contribution in [2.24, 2.45) is 5.14 Å². The molecule has 0 atom stereocenters. The van der Waals surface area contributed by atoms with Crippen LogP contribution in [0.4, 0.5) is 5.69 Å².